The van der Waals surface area contributed by atoms with Crippen LogP contribution in [0.1, 0.15) is 115 Å². The lowest BCUT2D eigenvalue weighted by Gasteiger charge is -2.38. The number of nitrogens with zero attached hydrogens (tertiary/aromatic N) is 1. The van der Waals surface area contributed by atoms with Crippen LogP contribution < -0.4 is 21.2 Å². The summed E-state index contributed by atoms with van der Waals surface area (Å²) in [5, 5.41) is 9.90. The number of rotatable bonds is 2. The Morgan fingerprint density at radius 2 is 1.25 bits per heavy atom. The van der Waals surface area contributed by atoms with Crippen molar-refractivity contribution in [1.29, 1.82) is 0 Å². The minimum absolute atomic E-state index is 0.107. The van der Waals surface area contributed by atoms with E-state index in [9.17, 15) is 0 Å². The van der Waals surface area contributed by atoms with Crippen molar-refractivity contribution in [2.24, 2.45) is 4.99 Å². The van der Waals surface area contributed by atoms with Gasteiger partial charge in [-0.3, -0.25) is 4.99 Å². The van der Waals surface area contributed by atoms with E-state index in [0.717, 1.165) is 18.2 Å². The van der Waals surface area contributed by atoms with Crippen molar-refractivity contribution in [3.8, 4) is 0 Å². The second-order valence-electron chi connectivity index (χ2n) is 14.5. The minimum atomic E-state index is -0.171. The van der Waals surface area contributed by atoms with Gasteiger partial charge in [0.1, 0.15) is 0 Å². The third kappa shape index (κ3) is 4.89. The van der Waals surface area contributed by atoms with Crippen LogP contribution in [-0.2, 0) is 0 Å². The maximum Gasteiger partial charge on any atom is 0.0744 e. The Morgan fingerprint density at radius 3 is 1.77 bits per heavy atom. The molecule has 0 amide bonds. The number of nitrogens with one attached hydrogen (secondary N) is 2. The lowest BCUT2D eigenvalue weighted by Crippen LogP contribution is -2.36. The van der Waals surface area contributed by atoms with Crippen LogP contribution in [0.25, 0.3) is 11.1 Å². The number of hydrogen-bond acceptors (Lipinski definition) is 3. The number of hydrogen-bond donors (Lipinski definition) is 2. The van der Waals surface area contributed by atoms with Crippen molar-refractivity contribution >= 4 is 22.5 Å². The summed E-state index contributed by atoms with van der Waals surface area (Å²) >= 11 is 0. The first-order valence-corrected chi connectivity index (χ1v) is 15.0. The summed E-state index contributed by atoms with van der Waals surface area (Å²) < 4.78 is 0. The first kappa shape index (κ1) is 26.9. The quantitative estimate of drug-likeness (QED) is 0.350. The van der Waals surface area contributed by atoms with Gasteiger partial charge in [0.25, 0.3) is 0 Å². The van der Waals surface area contributed by atoms with E-state index in [-0.39, 0.29) is 16.6 Å². The normalized spacial score (nSPS) is 23.3. The monoisotopic (exact) mass is 531 g/mol. The molecule has 40 heavy (non-hydrogen) atoms. The van der Waals surface area contributed by atoms with Crippen molar-refractivity contribution in [3.05, 3.63) is 99.1 Å². The Kier molecular flexibility index (Phi) is 6.11. The van der Waals surface area contributed by atoms with Crippen molar-refractivity contribution in [2.45, 2.75) is 104 Å². The fraction of sp³-hybridized carbons (Fsp3) is 0.432. The molecule has 6 rings (SSSR count). The molecular weight excluding hydrogens is 486 g/mol. The Balaban J connectivity index is 1.59. The Labute approximate surface area is 240 Å². The van der Waals surface area contributed by atoms with Gasteiger partial charge in [0, 0.05) is 28.0 Å². The largest absolute Gasteiger partial charge is 0.380 e. The maximum atomic E-state index is 5.03. The Bertz CT molecular complexity index is 1590. The highest BCUT2D eigenvalue weighted by molar-refractivity contribution is 5.83. The van der Waals surface area contributed by atoms with Crippen LogP contribution >= 0.6 is 0 Å². The average molecular weight is 532 g/mol. The fourth-order valence-corrected chi connectivity index (χ4v) is 7.62. The number of fused-ring (bicyclic) bond motifs is 3. The SMILES string of the molecule is CC1=CC(C)(C)N=c2ccc(=C(c3ccc4c(c3)C(C)CC(C)(C)N4)c3ccc4c(c3)C(C)CC(C)(C)N4)cc21. The molecule has 3 aromatic rings. The molecule has 3 aromatic carbocycles. The van der Waals surface area contributed by atoms with Crippen LogP contribution in [0.4, 0.5) is 11.4 Å². The summed E-state index contributed by atoms with van der Waals surface area (Å²) in [6.45, 7) is 20.5. The van der Waals surface area contributed by atoms with Gasteiger partial charge < -0.3 is 10.6 Å². The molecule has 2 atom stereocenters. The maximum absolute atomic E-state index is 5.03. The van der Waals surface area contributed by atoms with Gasteiger partial charge in [-0.05, 0) is 148 Å². The second-order valence-corrected chi connectivity index (χ2v) is 14.5. The molecule has 2 N–H and O–H groups in total. The van der Waals surface area contributed by atoms with E-state index < -0.39 is 0 Å². The van der Waals surface area contributed by atoms with E-state index in [1.54, 1.807) is 0 Å². The molecule has 0 saturated carbocycles. The Morgan fingerprint density at radius 1 is 0.725 bits per heavy atom. The van der Waals surface area contributed by atoms with E-state index >= 15 is 0 Å². The first-order chi connectivity index (χ1) is 18.7. The van der Waals surface area contributed by atoms with Crippen LogP contribution in [0.15, 0.2) is 65.7 Å². The number of anilines is 2. The zero-order valence-electron chi connectivity index (χ0n) is 25.8. The van der Waals surface area contributed by atoms with Gasteiger partial charge in [-0.1, -0.05) is 38.1 Å². The summed E-state index contributed by atoms with van der Waals surface area (Å²) in [4.78, 5) is 5.03. The third-order valence-corrected chi connectivity index (χ3v) is 9.01. The van der Waals surface area contributed by atoms with Crippen LogP contribution in [0, 0.1) is 0 Å². The van der Waals surface area contributed by atoms with E-state index in [4.69, 9.17) is 4.99 Å². The highest BCUT2D eigenvalue weighted by Gasteiger charge is 2.31. The number of benzene rings is 3. The predicted octanol–water partition coefficient (Wildman–Crippen LogP) is 8.14. The van der Waals surface area contributed by atoms with Crippen LogP contribution in [-0.4, -0.2) is 16.6 Å². The fourth-order valence-electron chi connectivity index (χ4n) is 7.62. The molecule has 0 bridgehead atoms. The van der Waals surface area contributed by atoms with Crippen molar-refractivity contribution in [1.82, 2.24) is 0 Å². The number of allylic oxidation sites excluding steroid dienone is 1. The van der Waals surface area contributed by atoms with Crippen LogP contribution in [0.2, 0.25) is 0 Å². The zero-order chi connectivity index (χ0) is 28.6. The molecule has 3 aliphatic heterocycles. The van der Waals surface area contributed by atoms with Gasteiger partial charge in [-0.2, -0.15) is 0 Å². The lowest BCUT2D eigenvalue weighted by molar-refractivity contribution is 0.454. The molecule has 208 valence electrons. The predicted molar refractivity (Wildman–Crippen MR) is 171 cm³/mol. The van der Waals surface area contributed by atoms with Crippen LogP contribution in [0.3, 0.4) is 0 Å². The Hall–Kier alpha value is -3.33. The van der Waals surface area contributed by atoms with E-state index in [0.29, 0.717) is 11.8 Å². The molecule has 0 aliphatic carbocycles. The standard InChI is InChI=1S/C37H45N3/c1-22-19-35(4,5)38-31-13-10-25(16-28(22)31)34(26-11-14-32-29(17-26)23(2)20-36(6,7)39-32)27-12-15-33-30(18-27)24(3)21-37(8,9)40-33/h10-19,23-24,39-40H,20-21H2,1-9H3. The lowest BCUT2D eigenvalue weighted by atomic mass is 9.79. The van der Waals surface area contributed by atoms with Gasteiger partial charge in [-0.15, -0.1) is 0 Å². The van der Waals surface area contributed by atoms with Crippen molar-refractivity contribution in [3.63, 3.8) is 0 Å². The molecule has 3 heterocycles. The molecule has 0 aromatic heterocycles. The molecular formula is C37H45N3. The van der Waals surface area contributed by atoms with Gasteiger partial charge >= 0.3 is 0 Å². The highest BCUT2D eigenvalue weighted by atomic mass is 15.0. The van der Waals surface area contributed by atoms with Gasteiger partial charge in [0.2, 0.25) is 0 Å². The average Bonchev–Trinajstić information content (AvgIpc) is 2.83. The summed E-state index contributed by atoms with van der Waals surface area (Å²) in [6, 6.07) is 21.0. The smallest absolute Gasteiger partial charge is 0.0744 e. The highest BCUT2D eigenvalue weighted by Crippen LogP contribution is 2.42. The van der Waals surface area contributed by atoms with Gasteiger partial charge in [-0.25, -0.2) is 0 Å². The molecule has 3 nitrogen and oxygen atoms in total. The molecule has 0 spiro atoms. The first-order valence-electron chi connectivity index (χ1n) is 15.0. The zero-order valence-corrected chi connectivity index (χ0v) is 25.8. The van der Waals surface area contributed by atoms with Crippen molar-refractivity contribution in [2.75, 3.05) is 10.6 Å². The molecule has 0 radical (unpaired) electrons. The van der Waals surface area contributed by atoms with Gasteiger partial charge in [0.05, 0.1) is 10.9 Å². The molecule has 3 heteroatoms. The topological polar surface area (TPSA) is 36.4 Å². The summed E-state index contributed by atoms with van der Waals surface area (Å²) in [5.41, 5.74) is 11.8. The van der Waals surface area contributed by atoms with E-state index in [1.807, 2.05) is 0 Å². The summed E-state index contributed by atoms with van der Waals surface area (Å²) in [5.74, 6) is 0.995. The van der Waals surface area contributed by atoms with Crippen molar-refractivity contribution < 1.29 is 0 Å². The molecule has 0 fully saturated rings. The van der Waals surface area contributed by atoms with Crippen LogP contribution in [0.5, 0.6) is 0 Å². The molecule has 3 aliphatic rings. The summed E-state index contributed by atoms with van der Waals surface area (Å²) in [6.07, 6.45) is 4.54. The second kappa shape index (κ2) is 9.09. The third-order valence-electron chi connectivity index (χ3n) is 9.01. The summed E-state index contributed by atoms with van der Waals surface area (Å²) in [7, 11) is 0. The molecule has 0 saturated heterocycles. The van der Waals surface area contributed by atoms with E-state index in [2.05, 4.69) is 134 Å². The van der Waals surface area contributed by atoms with Gasteiger partial charge in [0.15, 0.2) is 0 Å². The van der Waals surface area contributed by atoms with E-state index in [1.165, 1.54) is 55.6 Å². The minimum Gasteiger partial charge on any atom is -0.380 e. The molecule has 2 unspecified atom stereocenters.